The smallest absolute Gasteiger partial charge is 0.257 e. The molecule has 0 heterocycles. The van der Waals surface area contributed by atoms with Crippen LogP contribution in [0.2, 0.25) is 5.02 Å². The van der Waals surface area contributed by atoms with Crippen molar-refractivity contribution >= 4 is 35.8 Å². The number of anilines is 1. The summed E-state index contributed by atoms with van der Waals surface area (Å²) in [5.74, 6) is -5.22. The lowest BCUT2D eigenvalue weighted by atomic mass is 10.2. The van der Waals surface area contributed by atoms with Gasteiger partial charge in [-0.15, -0.1) is 12.6 Å². The van der Waals surface area contributed by atoms with Gasteiger partial charge in [0, 0.05) is 4.90 Å². The van der Waals surface area contributed by atoms with Crippen molar-refractivity contribution < 1.29 is 18.0 Å². The van der Waals surface area contributed by atoms with E-state index in [0.717, 1.165) is 6.07 Å². The van der Waals surface area contributed by atoms with Gasteiger partial charge in [0.2, 0.25) is 0 Å². The average Bonchev–Trinajstić information content (AvgIpc) is 2.42. The zero-order valence-corrected chi connectivity index (χ0v) is 11.4. The number of benzene rings is 2. The first-order valence-corrected chi connectivity index (χ1v) is 6.16. The molecule has 0 aliphatic rings. The van der Waals surface area contributed by atoms with Gasteiger partial charge in [-0.05, 0) is 30.3 Å². The van der Waals surface area contributed by atoms with Crippen molar-refractivity contribution in [1.29, 1.82) is 0 Å². The van der Waals surface area contributed by atoms with E-state index in [-0.39, 0.29) is 10.6 Å². The summed E-state index contributed by atoms with van der Waals surface area (Å²) in [4.78, 5) is 12.4. The van der Waals surface area contributed by atoms with Crippen LogP contribution in [0.4, 0.5) is 18.9 Å². The number of hydrogen-bond donors (Lipinski definition) is 2. The van der Waals surface area contributed by atoms with Crippen LogP contribution in [-0.4, -0.2) is 5.91 Å². The van der Waals surface area contributed by atoms with Gasteiger partial charge in [-0.3, -0.25) is 4.79 Å². The number of nitrogens with one attached hydrogen (secondary N) is 1. The molecule has 0 aliphatic heterocycles. The Morgan fingerprint density at radius 1 is 1.10 bits per heavy atom. The molecular weight excluding hydrogens is 311 g/mol. The van der Waals surface area contributed by atoms with E-state index in [9.17, 15) is 18.0 Å². The predicted molar refractivity (Wildman–Crippen MR) is 73.0 cm³/mol. The zero-order chi connectivity index (χ0) is 14.9. The van der Waals surface area contributed by atoms with Crippen molar-refractivity contribution in [1.82, 2.24) is 0 Å². The third kappa shape index (κ3) is 2.91. The van der Waals surface area contributed by atoms with E-state index >= 15 is 0 Å². The molecule has 2 rings (SSSR count). The molecule has 104 valence electrons. The Morgan fingerprint density at radius 2 is 1.80 bits per heavy atom. The molecule has 0 fully saturated rings. The molecule has 0 saturated heterocycles. The second-order valence-corrected chi connectivity index (χ2v) is 4.76. The number of amides is 1. The third-order valence-electron chi connectivity index (χ3n) is 2.48. The van der Waals surface area contributed by atoms with Crippen molar-refractivity contribution in [3.8, 4) is 0 Å². The quantitative estimate of drug-likeness (QED) is 0.627. The summed E-state index contributed by atoms with van der Waals surface area (Å²) >= 11 is 9.88. The van der Waals surface area contributed by atoms with Crippen molar-refractivity contribution in [2.45, 2.75) is 4.90 Å². The first-order valence-electron chi connectivity index (χ1n) is 5.33. The zero-order valence-electron chi connectivity index (χ0n) is 9.75. The Morgan fingerprint density at radius 3 is 2.50 bits per heavy atom. The Balaban J connectivity index is 2.33. The second-order valence-electron chi connectivity index (χ2n) is 3.84. The number of hydrogen-bond acceptors (Lipinski definition) is 2. The van der Waals surface area contributed by atoms with Gasteiger partial charge in [0.25, 0.3) is 5.91 Å². The molecule has 0 bridgehead atoms. The van der Waals surface area contributed by atoms with Crippen molar-refractivity contribution in [2.75, 3.05) is 5.32 Å². The summed E-state index contributed by atoms with van der Waals surface area (Å²) in [6.45, 7) is 0. The lowest BCUT2D eigenvalue weighted by Gasteiger charge is -2.09. The summed E-state index contributed by atoms with van der Waals surface area (Å²) in [7, 11) is 0. The minimum absolute atomic E-state index is 0.0447. The highest BCUT2D eigenvalue weighted by atomic mass is 35.5. The minimum Gasteiger partial charge on any atom is -0.319 e. The molecule has 0 spiro atoms. The molecule has 1 N–H and O–H groups in total. The highest BCUT2D eigenvalue weighted by Gasteiger charge is 2.17. The molecular formula is C13H7ClF3NOS. The number of halogens is 4. The summed E-state index contributed by atoms with van der Waals surface area (Å²) in [5, 5.41) is 2.25. The maximum absolute atomic E-state index is 13.4. The van der Waals surface area contributed by atoms with E-state index in [1.807, 2.05) is 0 Å². The van der Waals surface area contributed by atoms with Crippen LogP contribution < -0.4 is 5.32 Å². The van der Waals surface area contributed by atoms with E-state index < -0.39 is 29.0 Å². The highest BCUT2D eigenvalue weighted by molar-refractivity contribution is 7.80. The summed E-state index contributed by atoms with van der Waals surface area (Å²) in [6.07, 6.45) is 0. The molecule has 0 unspecified atom stereocenters. The third-order valence-corrected chi connectivity index (χ3v) is 3.09. The summed E-state index contributed by atoms with van der Waals surface area (Å²) in [6, 6.07) is 6.02. The fourth-order valence-corrected chi connectivity index (χ4v) is 1.91. The molecule has 0 saturated carbocycles. The van der Waals surface area contributed by atoms with Gasteiger partial charge in [-0.1, -0.05) is 11.6 Å². The van der Waals surface area contributed by atoms with Crippen LogP contribution in [0.5, 0.6) is 0 Å². The number of thiol groups is 1. The highest BCUT2D eigenvalue weighted by Crippen LogP contribution is 2.23. The number of carbonyl (C=O) groups is 1. The van der Waals surface area contributed by atoms with Crippen LogP contribution in [0.15, 0.2) is 35.2 Å². The van der Waals surface area contributed by atoms with Crippen LogP contribution in [-0.2, 0) is 0 Å². The maximum atomic E-state index is 13.4. The van der Waals surface area contributed by atoms with E-state index in [1.54, 1.807) is 6.07 Å². The van der Waals surface area contributed by atoms with Gasteiger partial charge in [-0.2, -0.15) is 0 Å². The van der Waals surface area contributed by atoms with E-state index in [0.29, 0.717) is 11.0 Å². The minimum atomic E-state index is -1.66. The van der Waals surface area contributed by atoms with Gasteiger partial charge >= 0.3 is 0 Å². The first kappa shape index (κ1) is 14.7. The fraction of sp³-hybridized carbons (Fsp3) is 0. The van der Waals surface area contributed by atoms with Gasteiger partial charge in [0.1, 0.15) is 0 Å². The van der Waals surface area contributed by atoms with Gasteiger partial charge < -0.3 is 5.32 Å². The summed E-state index contributed by atoms with van der Waals surface area (Å²) in [5.41, 5.74) is -0.433. The van der Waals surface area contributed by atoms with Gasteiger partial charge in [0.15, 0.2) is 17.5 Å². The van der Waals surface area contributed by atoms with Gasteiger partial charge in [0.05, 0.1) is 16.3 Å². The molecule has 7 heteroatoms. The lowest BCUT2D eigenvalue weighted by Crippen LogP contribution is -2.14. The van der Waals surface area contributed by atoms with Crippen LogP contribution in [0, 0.1) is 17.5 Å². The Bertz CT molecular complexity index is 694. The molecule has 2 nitrogen and oxygen atoms in total. The molecule has 20 heavy (non-hydrogen) atoms. The fourth-order valence-electron chi connectivity index (χ4n) is 1.50. The van der Waals surface area contributed by atoms with E-state index in [2.05, 4.69) is 17.9 Å². The maximum Gasteiger partial charge on any atom is 0.257 e. The van der Waals surface area contributed by atoms with Crippen LogP contribution in [0.25, 0.3) is 0 Å². The Hall–Kier alpha value is -1.66. The largest absolute Gasteiger partial charge is 0.319 e. The van der Waals surface area contributed by atoms with E-state index in [1.165, 1.54) is 12.1 Å². The molecule has 0 radical (unpaired) electrons. The van der Waals surface area contributed by atoms with Crippen molar-refractivity contribution in [3.63, 3.8) is 0 Å². The molecule has 1 amide bonds. The Kier molecular flexibility index (Phi) is 4.25. The Labute approximate surface area is 123 Å². The summed E-state index contributed by atoms with van der Waals surface area (Å²) < 4.78 is 39.3. The van der Waals surface area contributed by atoms with Crippen LogP contribution in [0.1, 0.15) is 10.4 Å². The molecule has 0 aliphatic carbocycles. The SMILES string of the molecule is O=C(Nc1ccc(F)c(F)c1F)c1cc(S)ccc1Cl. The number of carbonyl (C=O) groups excluding carboxylic acids is 1. The average molecular weight is 318 g/mol. The van der Waals surface area contributed by atoms with Crippen molar-refractivity contribution in [3.05, 3.63) is 58.4 Å². The van der Waals surface area contributed by atoms with Crippen LogP contribution >= 0.6 is 24.2 Å². The van der Waals surface area contributed by atoms with E-state index in [4.69, 9.17) is 11.6 Å². The standard InChI is InChI=1S/C13H7ClF3NOS/c14-8-2-1-6(20)5-7(8)13(19)18-10-4-3-9(15)11(16)12(10)17/h1-5,20H,(H,18,19). The molecule has 0 aromatic heterocycles. The second kappa shape index (κ2) is 5.76. The number of rotatable bonds is 2. The monoisotopic (exact) mass is 317 g/mol. The molecule has 2 aromatic carbocycles. The first-order chi connectivity index (χ1) is 9.40. The molecule has 2 aromatic rings. The van der Waals surface area contributed by atoms with Crippen molar-refractivity contribution in [2.24, 2.45) is 0 Å². The topological polar surface area (TPSA) is 29.1 Å². The van der Waals surface area contributed by atoms with Crippen LogP contribution in [0.3, 0.4) is 0 Å². The molecule has 0 atom stereocenters. The predicted octanol–water partition coefficient (Wildman–Crippen LogP) is 4.30. The van der Waals surface area contributed by atoms with Gasteiger partial charge in [-0.25, -0.2) is 13.2 Å². The normalized spacial score (nSPS) is 10.4. The lowest BCUT2D eigenvalue weighted by molar-refractivity contribution is 0.102.